The molecule has 3 atom stereocenters. The molecular weight excluding hydrogens is 164 g/mol. The van der Waals surface area contributed by atoms with Crippen LogP contribution in [0.4, 0.5) is 0 Å². The van der Waals surface area contributed by atoms with Gasteiger partial charge < -0.3 is 4.74 Å². The van der Waals surface area contributed by atoms with Crippen molar-refractivity contribution in [3.05, 3.63) is 0 Å². The van der Waals surface area contributed by atoms with Gasteiger partial charge in [0.25, 0.3) is 0 Å². The van der Waals surface area contributed by atoms with Crippen molar-refractivity contribution in [1.82, 2.24) is 0 Å². The van der Waals surface area contributed by atoms with Crippen LogP contribution in [0.3, 0.4) is 0 Å². The second kappa shape index (κ2) is 3.69. The molecule has 3 unspecified atom stereocenters. The van der Waals surface area contributed by atoms with E-state index < -0.39 is 0 Å². The first-order chi connectivity index (χ1) is 6.29. The summed E-state index contributed by atoms with van der Waals surface area (Å²) in [5.74, 6) is 1.58. The van der Waals surface area contributed by atoms with Gasteiger partial charge in [0.15, 0.2) is 0 Å². The molecular formula is C11H18O2. The molecule has 2 fully saturated rings. The molecule has 0 aliphatic heterocycles. The monoisotopic (exact) mass is 182 g/mol. The molecule has 2 saturated carbocycles. The van der Waals surface area contributed by atoms with Gasteiger partial charge in [-0.3, -0.25) is 4.79 Å². The summed E-state index contributed by atoms with van der Waals surface area (Å²) in [7, 11) is 0. The maximum Gasteiger partial charge on any atom is 0.306 e. The Kier molecular flexibility index (Phi) is 2.56. The lowest BCUT2D eigenvalue weighted by atomic mass is 9.98. The number of carbonyl (C=O) groups excluding carboxylic acids is 1. The highest BCUT2D eigenvalue weighted by molar-refractivity contribution is 5.69. The molecule has 74 valence electrons. The summed E-state index contributed by atoms with van der Waals surface area (Å²) in [4.78, 5) is 11.3. The van der Waals surface area contributed by atoms with Crippen molar-refractivity contribution in [3.63, 3.8) is 0 Å². The summed E-state index contributed by atoms with van der Waals surface area (Å²) in [6, 6.07) is 0. The Morgan fingerprint density at radius 2 is 2.23 bits per heavy atom. The van der Waals surface area contributed by atoms with Gasteiger partial charge >= 0.3 is 5.97 Å². The van der Waals surface area contributed by atoms with Gasteiger partial charge in [0.1, 0.15) is 6.10 Å². The van der Waals surface area contributed by atoms with Crippen LogP contribution in [0.5, 0.6) is 0 Å². The molecule has 2 rings (SSSR count). The van der Waals surface area contributed by atoms with E-state index in [1.807, 2.05) is 6.92 Å². The van der Waals surface area contributed by atoms with E-state index >= 15 is 0 Å². The number of hydrogen-bond acceptors (Lipinski definition) is 2. The normalized spacial score (nSPS) is 36.5. The van der Waals surface area contributed by atoms with Crippen molar-refractivity contribution >= 4 is 5.97 Å². The first-order valence-electron chi connectivity index (χ1n) is 5.49. The lowest BCUT2D eigenvalue weighted by Gasteiger charge is -2.21. The topological polar surface area (TPSA) is 26.3 Å². The third-order valence-electron chi connectivity index (χ3n) is 3.41. The Bertz CT molecular complexity index is 200. The van der Waals surface area contributed by atoms with Gasteiger partial charge in [-0.1, -0.05) is 6.92 Å². The Morgan fingerprint density at radius 1 is 1.38 bits per heavy atom. The minimum absolute atomic E-state index is 0.0139. The summed E-state index contributed by atoms with van der Waals surface area (Å²) in [6.07, 6.45) is 6.87. The third-order valence-corrected chi connectivity index (χ3v) is 3.41. The highest BCUT2D eigenvalue weighted by Gasteiger charge is 2.41. The molecule has 0 aromatic rings. The Hall–Kier alpha value is -0.530. The number of carbonyl (C=O) groups is 1. The van der Waals surface area contributed by atoms with E-state index in [9.17, 15) is 4.79 Å². The number of ether oxygens (including phenoxy) is 1. The van der Waals surface area contributed by atoms with Gasteiger partial charge in [-0.05, 0) is 43.9 Å². The molecule has 0 aromatic carbocycles. The quantitative estimate of drug-likeness (QED) is 0.627. The zero-order valence-electron chi connectivity index (χ0n) is 8.29. The molecule has 0 aromatic heterocycles. The van der Waals surface area contributed by atoms with Crippen molar-refractivity contribution in [2.24, 2.45) is 11.8 Å². The van der Waals surface area contributed by atoms with Crippen molar-refractivity contribution in [2.45, 2.75) is 51.6 Å². The molecule has 2 aliphatic rings. The first-order valence-corrected chi connectivity index (χ1v) is 5.49. The molecule has 2 aliphatic carbocycles. The average Bonchev–Trinajstić information content (AvgIpc) is 2.65. The summed E-state index contributed by atoms with van der Waals surface area (Å²) in [5.41, 5.74) is 0. The number of hydrogen-bond donors (Lipinski definition) is 0. The molecule has 0 heterocycles. The maximum atomic E-state index is 11.3. The second-order valence-electron chi connectivity index (χ2n) is 4.45. The van der Waals surface area contributed by atoms with Crippen LogP contribution in [-0.2, 0) is 9.53 Å². The van der Waals surface area contributed by atoms with E-state index in [2.05, 4.69) is 0 Å². The highest BCUT2D eigenvalue weighted by atomic mass is 16.5. The Morgan fingerprint density at radius 3 is 2.77 bits per heavy atom. The van der Waals surface area contributed by atoms with Gasteiger partial charge in [0.05, 0.1) is 0 Å². The van der Waals surface area contributed by atoms with Gasteiger partial charge in [-0.25, -0.2) is 0 Å². The zero-order chi connectivity index (χ0) is 9.26. The molecule has 2 nitrogen and oxygen atoms in total. The average molecular weight is 182 g/mol. The fourth-order valence-corrected chi connectivity index (χ4v) is 2.76. The first kappa shape index (κ1) is 9.04. The van der Waals surface area contributed by atoms with Crippen LogP contribution in [0.1, 0.15) is 45.4 Å². The van der Waals surface area contributed by atoms with E-state index in [1.54, 1.807) is 0 Å². The minimum atomic E-state index is 0.0139. The Labute approximate surface area is 79.7 Å². The van der Waals surface area contributed by atoms with Gasteiger partial charge in [0, 0.05) is 6.42 Å². The predicted molar refractivity (Wildman–Crippen MR) is 50.2 cm³/mol. The van der Waals surface area contributed by atoms with Crippen LogP contribution in [0, 0.1) is 11.8 Å². The van der Waals surface area contributed by atoms with E-state index in [-0.39, 0.29) is 12.1 Å². The van der Waals surface area contributed by atoms with Crippen LogP contribution in [-0.4, -0.2) is 12.1 Å². The summed E-state index contributed by atoms with van der Waals surface area (Å²) in [5, 5.41) is 0. The van der Waals surface area contributed by atoms with Crippen LogP contribution < -0.4 is 0 Å². The van der Waals surface area contributed by atoms with Crippen LogP contribution in [0.2, 0.25) is 0 Å². The zero-order valence-corrected chi connectivity index (χ0v) is 8.29. The molecule has 0 saturated heterocycles. The maximum absolute atomic E-state index is 11.3. The fourth-order valence-electron chi connectivity index (χ4n) is 2.76. The largest absolute Gasteiger partial charge is 0.462 e. The van der Waals surface area contributed by atoms with Crippen molar-refractivity contribution < 1.29 is 9.53 Å². The summed E-state index contributed by atoms with van der Waals surface area (Å²) < 4.78 is 5.45. The molecule has 2 bridgehead atoms. The highest BCUT2D eigenvalue weighted by Crippen LogP contribution is 2.45. The van der Waals surface area contributed by atoms with Crippen LogP contribution in [0.15, 0.2) is 0 Å². The molecule has 0 amide bonds. The standard InChI is InChI=1S/C11H18O2/c1-2-3-11(12)13-10-7-8-4-5-9(10)6-8/h8-10H,2-7H2,1H3. The lowest BCUT2D eigenvalue weighted by molar-refractivity contribution is -0.151. The minimum Gasteiger partial charge on any atom is -0.462 e. The Balaban J connectivity index is 1.79. The van der Waals surface area contributed by atoms with E-state index in [0.29, 0.717) is 12.3 Å². The molecule has 13 heavy (non-hydrogen) atoms. The summed E-state index contributed by atoms with van der Waals surface area (Å²) in [6.45, 7) is 2.02. The van der Waals surface area contributed by atoms with E-state index in [1.165, 1.54) is 19.3 Å². The van der Waals surface area contributed by atoms with E-state index in [0.717, 1.165) is 18.8 Å². The van der Waals surface area contributed by atoms with Gasteiger partial charge in [-0.2, -0.15) is 0 Å². The smallest absolute Gasteiger partial charge is 0.306 e. The predicted octanol–water partition coefficient (Wildman–Crippen LogP) is 2.52. The second-order valence-corrected chi connectivity index (χ2v) is 4.45. The van der Waals surface area contributed by atoms with Crippen molar-refractivity contribution in [3.8, 4) is 0 Å². The molecule has 0 spiro atoms. The van der Waals surface area contributed by atoms with E-state index in [4.69, 9.17) is 4.74 Å². The van der Waals surface area contributed by atoms with Crippen molar-refractivity contribution in [1.29, 1.82) is 0 Å². The molecule has 0 N–H and O–H groups in total. The SMILES string of the molecule is CCCC(=O)OC1CC2CCC1C2. The number of fused-ring (bicyclic) bond motifs is 2. The number of rotatable bonds is 3. The van der Waals surface area contributed by atoms with Crippen LogP contribution in [0.25, 0.3) is 0 Å². The summed E-state index contributed by atoms with van der Waals surface area (Å²) >= 11 is 0. The van der Waals surface area contributed by atoms with Gasteiger partial charge in [0.2, 0.25) is 0 Å². The number of esters is 1. The van der Waals surface area contributed by atoms with Crippen molar-refractivity contribution in [2.75, 3.05) is 0 Å². The lowest BCUT2D eigenvalue weighted by Crippen LogP contribution is -2.23. The molecule has 0 radical (unpaired) electrons. The van der Waals surface area contributed by atoms with Gasteiger partial charge in [-0.15, -0.1) is 0 Å². The third kappa shape index (κ3) is 1.87. The fraction of sp³-hybridized carbons (Fsp3) is 0.909. The van der Waals surface area contributed by atoms with Crippen LogP contribution >= 0.6 is 0 Å². The molecule has 2 heteroatoms.